The van der Waals surface area contributed by atoms with Gasteiger partial charge in [-0.05, 0) is 0 Å². The van der Waals surface area contributed by atoms with Gasteiger partial charge >= 0.3 is 0 Å². The Bertz CT molecular complexity index is 38.0. The molecule has 0 rings (SSSR count). The van der Waals surface area contributed by atoms with E-state index < -0.39 is 0 Å². The molecule has 0 aromatic rings. The van der Waals surface area contributed by atoms with Crippen LogP contribution in [-0.4, -0.2) is 0 Å². The molecule has 0 unspecified atom stereocenters. The van der Waals surface area contributed by atoms with E-state index in [0.717, 1.165) is 6.42 Å². The van der Waals surface area contributed by atoms with Crippen LogP contribution in [0.25, 0.3) is 0 Å². The van der Waals surface area contributed by atoms with E-state index in [0.29, 0.717) is 0 Å². The first kappa shape index (κ1) is 13.3. The molecule has 0 bridgehead atoms. The van der Waals surface area contributed by atoms with Gasteiger partial charge in [0.2, 0.25) is 0 Å². The number of rotatable bonds is 6. The minimum Gasteiger partial charge on any atom is -0.343 e. The first-order valence-corrected chi connectivity index (χ1v) is 4.21. The summed E-state index contributed by atoms with van der Waals surface area (Å²) in [5.74, 6) is 0. The molecule has 0 saturated carbocycles. The van der Waals surface area contributed by atoms with E-state index in [1.807, 2.05) is 0 Å². The molecule has 1 heteroatoms. The average molecular weight is 175 g/mol. The van der Waals surface area contributed by atoms with Gasteiger partial charge in [0.05, 0.1) is 0 Å². The fourth-order valence-corrected chi connectivity index (χ4v) is 0.957. The zero-order valence-electron chi connectivity index (χ0n) is 7.16. The van der Waals surface area contributed by atoms with Gasteiger partial charge in [-0.2, -0.15) is 6.42 Å². The molecule has 0 atom stereocenters. The smallest absolute Gasteiger partial charge is 0 e. The monoisotopic (exact) mass is 175 g/mol. The van der Waals surface area contributed by atoms with Gasteiger partial charge in [0.25, 0.3) is 0 Å². The van der Waals surface area contributed by atoms with Gasteiger partial charge in [0, 0.05) is 21.7 Å². The van der Waals surface area contributed by atoms with Gasteiger partial charge in [-0.25, -0.2) is 0 Å². The first-order valence-electron chi connectivity index (χ1n) is 4.21. The van der Waals surface area contributed by atoms with E-state index in [-0.39, 0.29) is 21.7 Å². The Hall–Kier alpha value is 0.714. The SMILES string of the molecule is [CH2-]CCCCCCCC.[Ti]. The Morgan fingerprint density at radius 2 is 1.40 bits per heavy atom. The second-order valence-electron chi connectivity index (χ2n) is 2.62. The molecule has 0 aliphatic rings. The molecule has 0 aliphatic carbocycles. The zero-order valence-corrected chi connectivity index (χ0v) is 8.72. The van der Waals surface area contributed by atoms with Crippen LogP contribution >= 0.6 is 0 Å². The topological polar surface area (TPSA) is 0 Å². The van der Waals surface area contributed by atoms with Crippen LogP contribution in [0, 0.1) is 6.92 Å². The Morgan fingerprint density at radius 3 is 1.90 bits per heavy atom. The van der Waals surface area contributed by atoms with Gasteiger partial charge in [-0.15, -0.1) is 0 Å². The molecular weight excluding hydrogens is 156 g/mol. The Labute approximate surface area is 80.7 Å². The van der Waals surface area contributed by atoms with Crippen molar-refractivity contribution in [3.63, 3.8) is 0 Å². The number of unbranched alkanes of at least 4 members (excludes halogenated alkanes) is 6. The predicted molar refractivity (Wildman–Crippen MR) is 43.4 cm³/mol. The van der Waals surface area contributed by atoms with E-state index in [2.05, 4.69) is 13.8 Å². The van der Waals surface area contributed by atoms with Crippen molar-refractivity contribution in [1.29, 1.82) is 0 Å². The molecule has 0 aromatic heterocycles. The maximum absolute atomic E-state index is 3.80. The van der Waals surface area contributed by atoms with Crippen molar-refractivity contribution < 1.29 is 21.7 Å². The van der Waals surface area contributed by atoms with Gasteiger partial charge in [0.15, 0.2) is 0 Å². The van der Waals surface area contributed by atoms with Crippen molar-refractivity contribution in [3.8, 4) is 0 Å². The standard InChI is InChI=1S/C9H19.Ti/c1-3-5-7-9-8-6-4-2;/h1,3-9H2,2H3;/q-1;. The zero-order chi connectivity index (χ0) is 6.95. The van der Waals surface area contributed by atoms with E-state index in [1.165, 1.54) is 38.5 Å². The average Bonchev–Trinajstić information content (AvgIpc) is 1.89. The molecule has 0 N–H and O–H groups in total. The normalized spacial score (nSPS) is 9.00. The van der Waals surface area contributed by atoms with Crippen LogP contribution in [0.4, 0.5) is 0 Å². The van der Waals surface area contributed by atoms with Crippen molar-refractivity contribution >= 4 is 0 Å². The second kappa shape index (κ2) is 12.4. The fourth-order valence-electron chi connectivity index (χ4n) is 0.957. The van der Waals surface area contributed by atoms with Crippen molar-refractivity contribution in [2.75, 3.05) is 0 Å². The summed E-state index contributed by atoms with van der Waals surface area (Å²) in [6.45, 7) is 6.05. The largest absolute Gasteiger partial charge is 0.343 e. The molecule has 0 aromatic carbocycles. The molecule has 0 amide bonds. The van der Waals surface area contributed by atoms with Gasteiger partial charge < -0.3 is 6.92 Å². The minimum absolute atomic E-state index is 0. The molecule has 0 aliphatic heterocycles. The Balaban J connectivity index is 0. The summed E-state index contributed by atoms with van der Waals surface area (Å²) in [4.78, 5) is 0. The van der Waals surface area contributed by atoms with E-state index in [1.54, 1.807) is 0 Å². The van der Waals surface area contributed by atoms with E-state index in [9.17, 15) is 0 Å². The molecule has 0 fully saturated rings. The van der Waals surface area contributed by atoms with Gasteiger partial charge in [-0.3, -0.25) is 0 Å². The summed E-state index contributed by atoms with van der Waals surface area (Å²) in [7, 11) is 0. The molecule has 0 spiro atoms. The van der Waals surface area contributed by atoms with E-state index in [4.69, 9.17) is 0 Å². The molecule has 10 heavy (non-hydrogen) atoms. The van der Waals surface area contributed by atoms with Crippen LogP contribution < -0.4 is 0 Å². The van der Waals surface area contributed by atoms with Crippen molar-refractivity contribution in [2.24, 2.45) is 0 Å². The van der Waals surface area contributed by atoms with Crippen LogP contribution in [-0.2, 0) is 21.7 Å². The van der Waals surface area contributed by atoms with Crippen LogP contribution in [0.2, 0.25) is 0 Å². The Morgan fingerprint density at radius 1 is 0.900 bits per heavy atom. The number of hydrogen-bond donors (Lipinski definition) is 0. The second-order valence-corrected chi connectivity index (χ2v) is 2.62. The molecule has 60 valence electrons. The molecule has 0 saturated heterocycles. The summed E-state index contributed by atoms with van der Waals surface area (Å²) in [5, 5.41) is 0. The maximum Gasteiger partial charge on any atom is 0 e. The van der Waals surface area contributed by atoms with Crippen molar-refractivity contribution in [3.05, 3.63) is 6.92 Å². The Kier molecular flexibility index (Phi) is 16.5. The van der Waals surface area contributed by atoms with Crippen LogP contribution in [0.3, 0.4) is 0 Å². The third-order valence-electron chi connectivity index (χ3n) is 1.60. The third kappa shape index (κ3) is 11.5. The maximum atomic E-state index is 3.80. The van der Waals surface area contributed by atoms with Crippen LogP contribution in [0.1, 0.15) is 51.9 Å². The summed E-state index contributed by atoms with van der Waals surface area (Å²) >= 11 is 0. The number of hydrogen-bond acceptors (Lipinski definition) is 0. The van der Waals surface area contributed by atoms with Crippen molar-refractivity contribution in [2.45, 2.75) is 51.9 Å². The van der Waals surface area contributed by atoms with Crippen molar-refractivity contribution in [1.82, 2.24) is 0 Å². The molecule has 0 heterocycles. The van der Waals surface area contributed by atoms with Crippen LogP contribution in [0.5, 0.6) is 0 Å². The molecule has 0 radical (unpaired) electrons. The summed E-state index contributed by atoms with van der Waals surface area (Å²) in [5.41, 5.74) is 0. The van der Waals surface area contributed by atoms with Gasteiger partial charge in [-0.1, -0.05) is 45.4 Å². The first-order chi connectivity index (χ1) is 4.41. The predicted octanol–water partition coefficient (Wildman–Crippen LogP) is 3.57. The van der Waals surface area contributed by atoms with E-state index >= 15 is 0 Å². The quantitative estimate of drug-likeness (QED) is 0.329. The molecule has 0 nitrogen and oxygen atoms in total. The summed E-state index contributed by atoms with van der Waals surface area (Å²) < 4.78 is 0. The van der Waals surface area contributed by atoms with Crippen LogP contribution in [0.15, 0.2) is 0 Å². The summed E-state index contributed by atoms with van der Waals surface area (Å²) in [6, 6.07) is 0. The van der Waals surface area contributed by atoms with Gasteiger partial charge in [0.1, 0.15) is 0 Å². The summed E-state index contributed by atoms with van der Waals surface area (Å²) in [6.07, 6.45) is 9.45. The fraction of sp³-hybridized carbons (Fsp3) is 0.889. The molecular formula is C9H19Ti-. The minimum atomic E-state index is 0. The third-order valence-corrected chi connectivity index (χ3v) is 1.60.